The average Bonchev–Trinajstić information content (AvgIpc) is 2.95. The van der Waals surface area contributed by atoms with Gasteiger partial charge in [-0.2, -0.15) is 0 Å². The summed E-state index contributed by atoms with van der Waals surface area (Å²) in [5.74, 6) is 0.787. The normalized spacial score (nSPS) is 18.6. The molecule has 4 nitrogen and oxygen atoms in total. The fourth-order valence-electron chi connectivity index (χ4n) is 3.55. The molecule has 1 aliphatic rings. The zero-order valence-corrected chi connectivity index (χ0v) is 14.3. The van der Waals surface area contributed by atoms with Gasteiger partial charge < -0.3 is 14.6 Å². The number of piperidine rings is 1. The predicted molar refractivity (Wildman–Crippen MR) is 92.6 cm³/mol. The van der Waals surface area contributed by atoms with Crippen molar-refractivity contribution in [3.05, 3.63) is 35.1 Å². The van der Waals surface area contributed by atoms with Crippen molar-refractivity contribution in [2.45, 2.75) is 33.1 Å². The highest BCUT2D eigenvalue weighted by Gasteiger charge is 2.24. The lowest BCUT2D eigenvalue weighted by atomic mass is 9.97. The van der Waals surface area contributed by atoms with E-state index in [1.807, 2.05) is 11.9 Å². The van der Waals surface area contributed by atoms with Gasteiger partial charge >= 0.3 is 0 Å². The minimum atomic E-state index is 0.215. The molecule has 1 amide bonds. The van der Waals surface area contributed by atoms with Crippen LogP contribution in [0.1, 0.15) is 29.5 Å². The molecule has 0 spiro atoms. The van der Waals surface area contributed by atoms with Crippen LogP contribution in [0.5, 0.6) is 0 Å². The Morgan fingerprint density at radius 3 is 3.00 bits per heavy atom. The molecule has 0 saturated carbocycles. The number of benzene rings is 1. The van der Waals surface area contributed by atoms with Crippen LogP contribution < -0.4 is 5.32 Å². The number of nitrogens with one attached hydrogen (secondary N) is 1. The highest BCUT2D eigenvalue weighted by molar-refractivity contribution is 5.89. The third-order valence-electron chi connectivity index (χ3n) is 5.05. The maximum atomic E-state index is 12.7. The molecule has 0 bridgehead atoms. The van der Waals surface area contributed by atoms with Crippen molar-refractivity contribution in [2.24, 2.45) is 5.92 Å². The summed E-state index contributed by atoms with van der Waals surface area (Å²) < 4.78 is 5.73. The number of hydrogen-bond donors (Lipinski definition) is 1. The van der Waals surface area contributed by atoms with E-state index in [0.717, 1.165) is 48.2 Å². The first-order valence-electron chi connectivity index (χ1n) is 8.48. The fraction of sp³-hybridized carbons (Fsp3) is 0.526. The number of amides is 1. The molecule has 1 unspecified atom stereocenters. The molecule has 1 aromatic heterocycles. The first-order chi connectivity index (χ1) is 11.1. The number of nitrogens with zero attached hydrogens (tertiary/aromatic N) is 1. The Labute approximate surface area is 137 Å². The monoisotopic (exact) mass is 314 g/mol. The van der Waals surface area contributed by atoms with Gasteiger partial charge in [0.1, 0.15) is 5.58 Å². The zero-order valence-electron chi connectivity index (χ0n) is 14.3. The summed E-state index contributed by atoms with van der Waals surface area (Å²) in [7, 11) is 1.97. The third kappa shape index (κ3) is 3.27. The summed E-state index contributed by atoms with van der Waals surface area (Å²) >= 11 is 0. The van der Waals surface area contributed by atoms with Gasteiger partial charge in [0.15, 0.2) is 0 Å². The Balaban J connectivity index is 1.74. The van der Waals surface area contributed by atoms with Gasteiger partial charge in [-0.25, -0.2) is 0 Å². The molecule has 1 aliphatic heterocycles. The lowest BCUT2D eigenvalue weighted by Crippen LogP contribution is -2.43. The summed E-state index contributed by atoms with van der Waals surface area (Å²) in [6, 6.07) is 4.18. The van der Waals surface area contributed by atoms with Gasteiger partial charge in [-0.1, -0.05) is 12.1 Å². The van der Waals surface area contributed by atoms with Crippen LogP contribution in [0.15, 0.2) is 22.8 Å². The van der Waals surface area contributed by atoms with Gasteiger partial charge in [0.2, 0.25) is 5.91 Å². The van der Waals surface area contributed by atoms with Crippen molar-refractivity contribution < 1.29 is 9.21 Å². The molecule has 0 aliphatic carbocycles. The van der Waals surface area contributed by atoms with Crippen molar-refractivity contribution in [1.29, 1.82) is 0 Å². The maximum Gasteiger partial charge on any atom is 0.227 e. The van der Waals surface area contributed by atoms with E-state index in [4.69, 9.17) is 4.42 Å². The first-order valence-corrected chi connectivity index (χ1v) is 8.48. The first kappa shape index (κ1) is 16.1. The molecule has 1 N–H and O–H groups in total. The number of hydrogen-bond acceptors (Lipinski definition) is 3. The fourth-order valence-corrected chi connectivity index (χ4v) is 3.55. The molecule has 2 aromatic rings. The minimum absolute atomic E-state index is 0.215. The summed E-state index contributed by atoms with van der Waals surface area (Å²) in [5.41, 5.74) is 4.30. The maximum absolute atomic E-state index is 12.7. The molecule has 1 saturated heterocycles. The van der Waals surface area contributed by atoms with Gasteiger partial charge in [-0.05, 0) is 57.3 Å². The number of fused-ring (bicyclic) bond motifs is 1. The zero-order chi connectivity index (χ0) is 16.4. The predicted octanol–water partition coefficient (Wildman–Crippen LogP) is 3.05. The number of rotatable bonds is 4. The number of carbonyl (C=O) groups excluding carboxylic acids is 1. The van der Waals surface area contributed by atoms with Crippen LogP contribution in [0.4, 0.5) is 0 Å². The summed E-state index contributed by atoms with van der Waals surface area (Å²) in [6.45, 7) is 6.88. The Kier molecular flexibility index (Phi) is 4.71. The molecule has 1 atom stereocenters. The van der Waals surface area contributed by atoms with E-state index in [9.17, 15) is 4.79 Å². The van der Waals surface area contributed by atoms with Crippen LogP contribution in [0.25, 0.3) is 11.0 Å². The second-order valence-corrected chi connectivity index (χ2v) is 6.73. The number of carbonyl (C=O) groups is 1. The average molecular weight is 314 g/mol. The van der Waals surface area contributed by atoms with Crippen molar-refractivity contribution >= 4 is 16.9 Å². The SMILES string of the molecule is CNCC1CCCN(C(=O)Cc2coc3c(C)c(C)ccc23)C1. The van der Waals surface area contributed by atoms with Crippen LogP contribution in [-0.4, -0.2) is 37.5 Å². The molecular formula is C19H26N2O2. The summed E-state index contributed by atoms with van der Waals surface area (Å²) in [6.07, 6.45) is 4.49. The Bertz CT molecular complexity index is 703. The molecule has 23 heavy (non-hydrogen) atoms. The minimum Gasteiger partial charge on any atom is -0.464 e. The molecule has 3 rings (SSSR count). The second kappa shape index (κ2) is 6.75. The van der Waals surface area contributed by atoms with Crippen LogP contribution in [0.2, 0.25) is 0 Å². The van der Waals surface area contributed by atoms with Gasteiger partial charge in [-0.3, -0.25) is 4.79 Å². The van der Waals surface area contributed by atoms with Crippen LogP contribution in [0.3, 0.4) is 0 Å². The molecule has 1 aromatic carbocycles. The lowest BCUT2D eigenvalue weighted by Gasteiger charge is -2.32. The second-order valence-electron chi connectivity index (χ2n) is 6.73. The van der Waals surface area contributed by atoms with Gasteiger partial charge in [0.25, 0.3) is 0 Å². The Hall–Kier alpha value is -1.81. The largest absolute Gasteiger partial charge is 0.464 e. The smallest absolute Gasteiger partial charge is 0.227 e. The van der Waals surface area contributed by atoms with E-state index in [0.29, 0.717) is 12.3 Å². The quantitative estimate of drug-likeness (QED) is 0.943. The molecule has 2 heterocycles. The van der Waals surface area contributed by atoms with Gasteiger partial charge in [0.05, 0.1) is 12.7 Å². The van der Waals surface area contributed by atoms with Crippen molar-refractivity contribution in [3.8, 4) is 0 Å². The van der Waals surface area contributed by atoms with Gasteiger partial charge in [0, 0.05) is 24.0 Å². The van der Waals surface area contributed by atoms with E-state index in [1.54, 1.807) is 6.26 Å². The number of likely N-dealkylation sites (tertiary alicyclic amines) is 1. The van der Waals surface area contributed by atoms with E-state index in [2.05, 4.69) is 31.3 Å². The van der Waals surface area contributed by atoms with Crippen molar-refractivity contribution in [2.75, 3.05) is 26.7 Å². The topological polar surface area (TPSA) is 45.5 Å². The highest BCUT2D eigenvalue weighted by Crippen LogP contribution is 2.27. The number of aryl methyl sites for hydroxylation is 2. The highest BCUT2D eigenvalue weighted by atomic mass is 16.3. The van der Waals surface area contributed by atoms with Crippen molar-refractivity contribution in [3.63, 3.8) is 0 Å². The van der Waals surface area contributed by atoms with E-state index < -0.39 is 0 Å². The lowest BCUT2D eigenvalue weighted by molar-refractivity contribution is -0.132. The Morgan fingerprint density at radius 2 is 2.22 bits per heavy atom. The van der Waals surface area contributed by atoms with E-state index in [1.165, 1.54) is 12.0 Å². The molecule has 4 heteroatoms. The van der Waals surface area contributed by atoms with Crippen LogP contribution >= 0.6 is 0 Å². The molecule has 1 fully saturated rings. The van der Waals surface area contributed by atoms with Gasteiger partial charge in [-0.15, -0.1) is 0 Å². The van der Waals surface area contributed by atoms with E-state index in [-0.39, 0.29) is 5.91 Å². The summed E-state index contributed by atoms with van der Waals surface area (Å²) in [5, 5.41) is 4.30. The number of furan rings is 1. The van der Waals surface area contributed by atoms with Crippen LogP contribution in [0, 0.1) is 19.8 Å². The molecule has 0 radical (unpaired) electrons. The molecular weight excluding hydrogens is 288 g/mol. The van der Waals surface area contributed by atoms with Crippen LogP contribution in [-0.2, 0) is 11.2 Å². The summed E-state index contributed by atoms with van der Waals surface area (Å²) in [4.78, 5) is 14.7. The standard InChI is InChI=1S/C19H26N2O2/c1-13-6-7-17-16(12-23-19(17)14(13)2)9-18(22)21-8-4-5-15(11-21)10-20-3/h6-7,12,15,20H,4-5,8-11H2,1-3H3. The van der Waals surface area contributed by atoms with E-state index >= 15 is 0 Å². The third-order valence-corrected chi connectivity index (χ3v) is 5.05. The molecule has 124 valence electrons. The Morgan fingerprint density at radius 1 is 1.39 bits per heavy atom. The van der Waals surface area contributed by atoms with Crippen molar-refractivity contribution in [1.82, 2.24) is 10.2 Å².